The summed E-state index contributed by atoms with van der Waals surface area (Å²) in [6, 6.07) is 11.8. The highest BCUT2D eigenvalue weighted by molar-refractivity contribution is 6.30. The Balaban J connectivity index is 2.22. The number of hydrogen-bond acceptors (Lipinski definition) is 1. The number of rotatable bonds is 1. The number of aromatic nitrogens is 2. The normalized spacial score (nSPS) is 10.9. The van der Waals surface area contributed by atoms with Crippen LogP contribution in [0.25, 0.3) is 16.9 Å². The Morgan fingerprint density at radius 1 is 1.18 bits per heavy atom. The van der Waals surface area contributed by atoms with E-state index in [0.717, 1.165) is 21.9 Å². The summed E-state index contributed by atoms with van der Waals surface area (Å²) in [6.07, 6.45) is 4.03. The number of pyridine rings is 1. The average molecular weight is 243 g/mol. The Morgan fingerprint density at radius 3 is 2.82 bits per heavy atom. The lowest BCUT2D eigenvalue weighted by Gasteiger charge is -1.95. The Bertz CT molecular complexity index is 686. The van der Waals surface area contributed by atoms with Gasteiger partial charge in [-0.2, -0.15) is 0 Å². The molecule has 2 nitrogen and oxygen atoms in total. The van der Waals surface area contributed by atoms with Crippen molar-refractivity contribution in [2.45, 2.75) is 6.92 Å². The van der Waals surface area contributed by atoms with E-state index in [-0.39, 0.29) is 0 Å². The maximum Gasteiger partial charge on any atom is 0.140 e. The van der Waals surface area contributed by atoms with E-state index in [9.17, 15) is 0 Å². The molecular formula is C14H11ClN2. The molecule has 0 radical (unpaired) electrons. The van der Waals surface area contributed by atoms with Gasteiger partial charge in [0.15, 0.2) is 0 Å². The fourth-order valence-corrected chi connectivity index (χ4v) is 2.13. The van der Waals surface area contributed by atoms with Crippen molar-refractivity contribution in [3.05, 3.63) is 59.4 Å². The van der Waals surface area contributed by atoms with Gasteiger partial charge in [-0.05, 0) is 30.7 Å². The lowest BCUT2D eigenvalue weighted by atomic mass is 10.2. The lowest BCUT2D eigenvalue weighted by Crippen LogP contribution is -1.83. The second kappa shape index (κ2) is 3.90. The zero-order valence-corrected chi connectivity index (χ0v) is 10.1. The van der Waals surface area contributed by atoms with Crippen molar-refractivity contribution < 1.29 is 0 Å². The fraction of sp³-hybridized carbons (Fsp3) is 0.0714. The van der Waals surface area contributed by atoms with Crippen LogP contribution in [-0.4, -0.2) is 9.38 Å². The zero-order chi connectivity index (χ0) is 11.8. The van der Waals surface area contributed by atoms with Crippen molar-refractivity contribution >= 4 is 17.2 Å². The van der Waals surface area contributed by atoms with Crippen LogP contribution < -0.4 is 0 Å². The predicted octanol–water partition coefficient (Wildman–Crippen LogP) is 3.96. The van der Waals surface area contributed by atoms with Crippen LogP contribution in [-0.2, 0) is 0 Å². The number of hydrogen-bond donors (Lipinski definition) is 0. The molecule has 0 fully saturated rings. The number of aryl methyl sites for hydroxylation is 1. The van der Waals surface area contributed by atoms with Gasteiger partial charge < -0.3 is 4.40 Å². The Hall–Kier alpha value is -1.80. The van der Waals surface area contributed by atoms with Gasteiger partial charge in [0.2, 0.25) is 0 Å². The van der Waals surface area contributed by atoms with Gasteiger partial charge in [0, 0.05) is 23.0 Å². The first-order chi connectivity index (χ1) is 8.24. The van der Waals surface area contributed by atoms with Crippen LogP contribution in [0.5, 0.6) is 0 Å². The summed E-state index contributed by atoms with van der Waals surface area (Å²) in [4.78, 5) is 4.63. The van der Waals surface area contributed by atoms with Crippen LogP contribution in [0.1, 0.15) is 5.56 Å². The topological polar surface area (TPSA) is 17.3 Å². The number of halogens is 1. The molecule has 0 amide bonds. The van der Waals surface area contributed by atoms with Gasteiger partial charge in [-0.1, -0.05) is 29.8 Å². The molecule has 3 heteroatoms. The molecule has 17 heavy (non-hydrogen) atoms. The van der Waals surface area contributed by atoms with E-state index >= 15 is 0 Å². The van der Waals surface area contributed by atoms with Crippen LogP contribution in [0, 0.1) is 6.92 Å². The molecule has 0 saturated heterocycles. The van der Waals surface area contributed by atoms with E-state index in [1.54, 1.807) is 0 Å². The van der Waals surface area contributed by atoms with Gasteiger partial charge in [0.05, 0.1) is 5.69 Å². The maximum atomic E-state index is 5.99. The first-order valence-corrected chi connectivity index (χ1v) is 5.82. The Kier molecular flexibility index (Phi) is 2.37. The van der Waals surface area contributed by atoms with Crippen molar-refractivity contribution in [3.8, 4) is 11.3 Å². The summed E-state index contributed by atoms with van der Waals surface area (Å²) in [6.45, 7) is 2.06. The molecule has 0 aliphatic rings. The average Bonchev–Trinajstić information content (AvgIpc) is 2.74. The smallest absolute Gasteiger partial charge is 0.140 e. The Labute approximate surface area is 104 Å². The van der Waals surface area contributed by atoms with E-state index in [1.807, 2.05) is 47.1 Å². The van der Waals surface area contributed by atoms with Crippen LogP contribution >= 0.6 is 11.6 Å². The monoisotopic (exact) mass is 242 g/mol. The van der Waals surface area contributed by atoms with Crippen molar-refractivity contribution in [3.63, 3.8) is 0 Å². The van der Waals surface area contributed by atoms with E-state index in [4.69, 9.17) is 11.6 Å². The zero-order valence-electron chi connectivity index (χ0n) is 9.39. The van der Waals surface area contributed by atoms with Gasteiger partial charge in [-0.3, -0.25) is 0 Å². The van der Waals surface area contributed by atoms with Gasteiger partial charge in [0.1, 0.15) is 5.65 Å². The van der Waals surface area contributed by atoms with E-state index in [1.165, 1.54) is 5.56 Å². The molecule has 0 saturated carbocycles. The molecular weight excluding hydrogens is 232 g/mol. The minimum Gasteiger partial charge on any atom is -0.306 e. The number of imidazole rings is 1. The molecule has 2 aromatic heterocycles. The SMILES string of the molecule is Cc1cccn2cc(-c3cccc(Cl)c3)nc12. The first-order valence-electron chi connectivity index (χ1n) is 5.44. The van der Waals surface area contributed by atoms with Crippen molar-refractivity contribution in [1.29, 1.82) is 0 Å². The molecule has 2 heterocycles. The second-order valence-corrected chi connectivity index (χ2v) is 4.50. The molecule has 1 aromatic carbocycles. The second-order valence-electron chi connectivity index (χ2n) is 4.06. The third-order valence-corrected chi connectivity index (χ3v) is 3.03. The number of nitrogens with zero attached hydrogens (tertiary/aromatic N) is 2. The summed E-state index contributed by atoms with van der Waals surface area (Å²) in [5.74, 6) is 0. The number of fused-ring (bicyclic) bond motifs is 1. The van der Waals surface area contributed by atoms with Gasteiger partial charge in [0.25, 0.3) is 0 Å². The summed E-state index contributed by atoms with van der Waals surface area (Å²) >= 11 is 5.99. The predicted molar refractivity (Wildman–Crippen MR) is 70.4 cm³/mol. The molecule has 0 N–H and O–H groups in total. The van der Waals surface area contributed by atoms with Crippen molar-refractivity contribution in [2.24, 2.45) is 0 Å². The van der Waals surface area contributed by atoms with Crippen LogP contribution in [0.4, 0.5) is 0 Å². The molecule has 3 aromatic rings. The minimum atomic E-state index is 0.733. The van der Waals surface area contributed by atoms with Gasteiger partial charge in [-0.15, -0.1) is 0 Å². The maximum absolute atomic E-state index is 5.99. The molecule has 0 atom stereocenters. The van der Waals surface area contributed by atoms with Crippen molar-refractivity contribution in [2.75, 3.05) is 0 Å². The summed E-state index contributed by atoms with van der Waals surface area (Å²) in [5, 5.41) is 0.733. The van der Waals surface area contributed by atoms with Gasteiger partial charge in [-0.25, -0.2) is 4.98 Å². The first kappa shape index (κ1) is 10.4. The molecule has 0 aliphatic heterocycles. The minimum absolute atomic E-state index is 0.733. The third-order valence-electron chi connectivity index (χ3n) is 2.80. The molecule has 0 bridgehead atoms. The van der Waals surface area contributed by atoms with Crippen LogP contribution in [0.15, 0.2) is 48.8 Å². The summed E-state index contributed by atoms with van der Waals surface area (Å²) in [7, 11) is 0. The fourth-order valence-electron chi connectivity index (χ4n) is 1.94. The highest BCUT2D eigenvalue weighted by atomic mass is 35.5. The molecule has 0 unspecified atom stereocenters. The van der Waals surface area contributed by atoms with Crippen LogP contribution in [0.3, 0.4) is 0 Å². The largest absolute Gasteiger partial charge is 0.306 e. The quantitative estimate of drug-likeness (QED) is 0.631. The number of benzene rings is 1. The lowest BCUT2D eigenvalue weighted by molar-refractivity contribution is 1.16. The molecule has 0 aliphatic carbocycles. The van der Waals surface area contributed by atoms with Crippen molar-refractivity contribution in [1.82, 2.24) is 9.38 Å². The van der Waals surface area contributed by atoms with Gasteiger partial charge >= 0.3 is 0 Å². The highest BCUT2D eigenvalue weighted by Gasteiger charge is 2.05. The molecule has 84 valence electrons. The molecule has 0 spiro atoms. The summed E-state index contributed by atoms with van der Waals surface area (Å²) < 4.78 is 2.03. The van der Waals surface area contributed by atoms with E-state index in [2.05, 4.69) is 18.0 Å². The van der Waals surface area contributed by atoms with E-state index in [0.29, 0.717) is 0 Å². The Morgan fingerprint density at radius 2 is 2.06 bits per heavy atom. The van der Waals surface area contributed by atoms with Crippen LogP contribution in [0.2, 0.25) is 5.02 Å². The van der Waals surface area contributed by atoms with E-state index < -0.39 is 0 Å². The summed E-state index contributed by atoms with van der Waals surface area (Å²) in [5.41, 5.74) is 4.14. The standard InChI is InChI=1S/C14H11ClN2/c1-10-4-3-7-17-9-13(16-14(10)17)11-5-2-6-12(15)8-11/h2-9H,1H3. The third kappa shape index (κ3) is 1.81. The highest BCUT2D eigenvalue weighted by Crippen LogP contribution is 2.23. The molecule has 3 rings (SSSR count).